The lowest BCUT2D eigenvalue weighted by molar-refractivity contribution is 0.303. The van der Waals surface area contributed by atoms with E-state index in [2.05, 4.69) is 39.0 Å². The van der Waals surface area contributed by atoms with Crippen molar-refractivity contribution in [2.45, 2.75) is 59.2 Å². The van der Waals surface area contributed by atoms with Crippen molar-refractivity contribution in [3.05, 3.63) is 34.9 Å². The van der Waals surface area contributed by atoms with Crippen LogP contribution in [0, 0.1) is 11.3 Å². The molecule has 1 saturated heterocycles. The molecule has 1 rings (SSSR count). The van der Waals surface area contributed by atoms with Crippen LogP contribution in [0.5, 0.6) is 0 Å². The number of hydrogen-bond acceptors (Lipinski definition) is 2. The van der Waals surface area contributed by atoms with Gasteiger partial charge in [0.2, 0.25) is 0 Å². The van der Waals surface area contributed by atoms with E-state index in [1.807, 2.05) is 13.8 Å². The van der Waals surface area contributed by atoms with Gasteiger partial charge in [-0.25, -0.2) is 0 Å². The molecule has 2 heteroatoms. The predicted molar refractivity (Wildman–Crippen MR) is 75.1 cm³/mol. The first-order valence-electron chi connectivity index (χ1n) is 6.45. The summed E-state index contributed by atoms with van der Waals surface area (Å²) < 4.78 is 5.77. The Hall–Kier alpha value is -1.33. The summed E-state index contributed by atoms with van der Waals surface area (Å²) in [6, 6.07) is 2.06. The van der Waals surface area contributed by atoms with Crippen molar-refractivity contribution in [2.24, 2.45) is 0 Å². The summed E-state index contributed by atoms with van der Waals surface area (Å²) in [6.07, 6.45) is 8.27. The maximum atomic E-state index is 8.61. The summed E-state index contributed by atoms with van der Waals surface area (Å²) in [4.78, 5) is 0. The molecule has 0 aromatic rings. The number of nitrogens with zero attached hydrogens (tertiary/aromatic N) is 1. The predicted octanol–water partition coefficient (Wildman–Crippen LogP) is 4.31. The summed E-state index contributed by atoms with van der Waals surface area (Å²) in [6.45, 7) is 10.4. The molecular formula is C16H23NO. The Balaban J connectivity index is 2.54. The second-order valence-electron chi connectivity index (χ2n) is 5.48. The van der Waals surface area contributed by atoms with E-state index in [0.717, 1.165) is 24.0 Å². The van der Waals surface area contributed by atoms with Crippen LogP contribution in [0.15, 0.2) is 34.9 Å². The van der Waals surface area contributed by atoms with Gasteiger partial charge in [-0.2, -0.15) is 5.26 Å². The highest BCUT2D eigenvalue weighted by molar-refractivity contribution is 5.33. The maximum absolute atomic E-state index is 8.61. The van der Waals surface area contributed by atoms with Gasteiger partial charge in [0.1, 0.15) is 6.10 Å². The van der Waals surface area contributed by atoms with Crippen LogP contribution in [0.1, 0.15) is 47.5 Å². The first-order chi connectivity index (χ1) is 8.39. The molecule has 0 N–H and O–H groups in total. The average molecular weight is 245 g/mol. The zero-order chi connectivity index (χ0) is 13.8. The Morgan fingerprint density at radius 1 is 1.28 bits per heavy atom. The van der Waals surface area contributed by atoms with Crippen molar-refractivity contribution in [1.29, 1.82) is 5.26 Å². The zero-order valence-electron chi connectivity index (χ0n) is 12.1. The number of allylic oxidation sites excluding steroid dienone is 5. The van der Waals surface area contributed by atoms with Crippen LogP contribution in [0.4, 0.5) is 0 Å². The molecule has 1 aliphatic rings. The molecule has 0 saturated carbocycles. The van der Waals surface area contributed by atoms with Gasteiger partial charge in [0.15, 0.2) is 0 Å². The van der Waals surface area contributed by atoms with Gasteiger partial charge in [-0.3, -0.25) is 0 Å². The topological polar surface area (TPSA) is 36.3 Å². The molecule has 0 aromatic heterocycles. The monoisotopic (exact) mass is 245 g/mol. The van der Waals surface area contributed by atoms with Crippen molar-refractivity contribution < 1.29 is 4.74 Å². The van der Waals surface area contributed by atoms with Crippen LogP contribution in [0.3, 0.4) is 0 Å². The van der Waals surface area contributed by atoms with Gasteiger partial charge in [0.25, 0.3) is 0 Å². The number of nitriles is 1. The number of epoxide rings is 1. The van der Waals surface area contributed by atoms with E-state index in [1.54, 1.807) is 6.08 Å². The van der Waals surface area contributed by atoms with Crippen LogP contribution < -0.4 is 0 Å². The second kappa shape index (κ2) is 6.02. The van der Waals surface area contributed by atoms with Gasteiger partial charge in [0.05, 0.1) is 11.7 Å². The molecule has 0 amide bonds. The average Bonchev–Trinajstić information content (AvgIpc) is 2.88. The summed E-state index contributed by atoms with van der Waals surface area (Å²) in [5.74, 6) is 0. The Kier molecular flexibility index (Phi) is 4.93. The number of ether oxygens (including phenoxy) is 1. The molecule has 98 valence electrons. The van der Waals surface area contributed by atoms with Crippen molar-refractivity contribution in [3.8, 4) is 6.07 Å². The molecular weight excluding hydrogens is 222 g/mol. The Morgan fingerprint density at radius 3 is 2.50 bits per heavy atom. The quantitative estimate of drug-likeness (QED) is 0.313. The van der Waals surface area contributed by atoms with Gasteiger partial charge in [-0.05, 0) is 64.7 Å². The van der Waals surface area contributed by atoms with Gasteiger partial charge in [0, 0.05) is 6.08 Å². The van der Waals surface area contributed by atoms with Gasteiger partial charge in [-0.15, -0.1) is 0 Å². The van der Waals surface area contributed by atoms with E-state index in [-0.39, 0.29) is 11.7 Å². The van der Waals surface area contributed by atoms with Crippen molar-refractivity contribution in [1.82, 2.24) is 0 Å². The van der Waals surface area contributed by atoms with E-state index in [1.165, 1.54) is 5.57 Å². The van der Waals surface area contributed by atoms with Crippen LogP contribution in [0.25, 0.3) is 0 Å². The summed E-state index contributed by atoms with van der Waals surface area (Å²) >= 11 is 0. The second-order valence-corrected chi connectivity index (χ2v) is 5.48. The highest BCUT2D eigenvalue weighted by Crippen LogP contribution is 2.42. The minimum absolute atomic E-state index is 0.0138. The van der Waals surface area contributed by atoms with Crippen LogP contribution in [0.2, 0.25) is 0 Å². The SMILES string of the molecule is CC(C)=CCCC1(C)OC1/C=C(C)/C(C)=C\C#N. The molecule has 2 atom stereocenters. The van der Waals surface area contributed by atoms with Gasteiger partial charge in [-0.1, -0.05) is 11.6 Å². The van der Waals surface area contributed by atoms with Crippen molar-refractivity contribution in [3.63, 3.8) is 0 Å². The Bertz CT molecular complexity index is 433. The third-order valence-corrected chi connectivity index (χ3v) is 3.44. The molecule has 0 aliphatic carbocycles. The van der Waals surface area contributed by atoms with E-state index in [4.69, 9.17) is 10.00 Å². The summed E-state index contributed by atoms with van der Waals surface area (Å²) in [5.41, 5.74) is 3.49. The Morgan fingerprint density at radius 2 is 1.94 bits per heavy atom. The number of rotatable bonds is 5. The molecule has 1 fully saturated rings. The molecule has 0 bridgehead atoms. The largest absolute Gasteiger partial charge is 0.362 e. The minimum Gasteiger partial charge on any atom is -0.362 e. The smallest absolute Gasteiger partial charge is 0.106 e. The molecule has 2 unspecified atom stereocenters. The molecule has 18 heavy (non-hydrogen) atoms. The van der Waals surface area contributed by atoms with Crippen molar-refractivity contribution >= 4 is 0 Å². The summed E-state index contributed by atoms with van der Waals surface area (Å²) in [5, 5.41) is 8.61. The van der Waals surface area contributed by atoms with Crippen molar-refractivity contribution in [2.75, 3.05) is 0 Å². The van der Waals surface area contributed by atoms with Crippen LogP contribution >= 0.6 is 0 Å². The van der Waals surface area contributed by atoms with E-state index >= 15 is 0 Å². The van der Waals surface area contributed by atoms with E-state index in [9.17, 15) is 0 Å². The summed E-state index contributed by atoms with van der Waals surface area (Å²) in [7, 11) is 0. The number of hydrogen-bond donors (Lipinski definition) is 0. The molecule has 0 spiro atoms. The molecule has 1 heterocycles. The first-order valence-corrected chi connectivity index (χ1v) is 6.45. The molecule has 2 nitrogen and oxygen atoms in total. The van der Waals surface area contributed by atoms with Crippen LogP contribution in [-0.2, 0) is 4.74 Å². The van der Waals surface area contributed by atoms with E-state index in [0.29, 0.717) is 0 Å². The normalized spacial score (nSPS) is 27.7. The zero-order valence-corrected chi connectivity index (χ0v) is 12.1. The lowest BCUT2D eigenvalue weighted by Crippen LogP contribution is -2.08. The van der Waals surface area contributed by atoms with E-state index < -0.39 is 0 Å². The minimum atomic E-state index is -0.0138. The fourth-order valence-corrected chi connectivity index (χ4v) is 1.88. The van der Waals surface area contributed by atoms with Gasteiger partial charge < -0.3 is 4.74 Å². The lowest BCUT2D eigenvalue weighted by Gasteiger charge is -2.03. The third-order valence-electron chi connectivity index (χ3n) is 3.44. The first kappa shape index (κ1) is 14.7. The lowest BCUT2D eigenvalue weighted by atomic mass is 9.98. The molecule has 0 radical (unpaired) electrons. The van der Waals surface area contributed by atoms with Crippen LogP contribution in [-0.4, -0.2) is 11.7 Å². The third kappa shape index (κ3) is 4.16. The highest BCUT2D eigenvalue weighted by atomic mass is 16.6. The maximum Gasteiger partial charge on any atom is 0.106 e. The highest BCUT2D eigenvalue weighted by Gasteiger charge is 2.49. The fourth-order valence-electron chi connectivity index (χ4n) is 1.88. The van der Waals surface area contributed by atoms with Gasteiger partial charge >= 0.3 is 0 Å². The molecule has 0 aromatic carbocycles. The molecule has 1 aliphatic heterocycles. The Labute approximate surface area is 111 Å². The standard InChI is InChI=1S/C16H23NO/c1-12(2)7-6-9-16(5)15(18-16)11-14(4)13(3)8-10-17/h7-8,11,15H,6,9H2,1-5H3/b13-8-,14-11+. The fraction of sp³-hybridized carbons (Fsp3) is 0.562.